The Hall–Kier alpha value is -1.66. The molecule has 0 saturated carbocycles. The van der Waals surface area contributed by atoms with E-state index < -0.39 is 0 Å². The predicted octanol–water partition coefficient (Wildman–Crippen LogP) is 2.60. The van der Waals surface area contributed by atoms with E-state index in [9.17, 15) is 10.1 Å². The molecule has 6 heteroatoms. The fourth-order valence-corrected chi connectivity index (χ4v) is 2.99. The summed E-state index contributed by atoms with van der Waals surface area (Å²) in [5.74, 6) is 0.846. The van der Waals surface area contributed by atoms with Crippen molar-refractivity contribution in [2.24, 2.45) is 5.92 Å². The zero-order valence-electron chi connectivity index (χ0n) is 13.5. The Morgan fingerprint density at radius 1 is 1.36 bits per heavy atom. The van der Waals surface area contributed by atoms with Crippen molar-refractivity contribution < 1.29 is 9.66 Å². The van der Waals surface area contributed by atoms with Crippen molar-refractivity contribution in [1.82, 2.24) is 10.2 Å². The van der Waals surface area contributed by atoms with E-state index in [4.69, 9.17) is 4.74 Å². The van der Waals surface area contributed by atoms with Crippen molar-refractivity contribution in [3.63, 3.8) is 0 Å². The Morgan fingerprint density at radius 3 is 2.59 bits per heavy atom. The monoisotopic (exact) mass is 307 g/mol. The highest BCUT2D eigenvalue weighted by Gasteiger charge is 2.26. The zero-order valence-corrected chi connectivity index (χ0v) is 13.5. The molecule has 0 unspecified atom stereocenters. The normalized spacial score (nSPS) is 17.5. The summed E-state index contributed by atoms with van der Waals surface area (Å²) in [5, 5.41) is 14.6. The third-order valence-electron chi connectivity index (χ3n) is 4.07. The lowest BCUT2D eigenvalue weighted by Gasteiger charge is -2.36. The molecule has 0 amide bonds. The van der Waals surface area contributed by atoms with Gasteiger partial charge in [0.1, 0.15) is 0 Å². The smallest absolute Gasteiger partial charge is 0.311 e. The highest BCUT2D eigenvalue weighted by molar-refractivity contribution is 5.49. The van der Waals surface area contributed by atoms with Crippen molar-refractivity contribution in [2.45, 2.75) is 26.3 Å². The molecule has 0 radical (unpaired) electrons. The van der Waals surface area contributed by atoms with Crippen molar-refractivity contribution in [3.05, 3.63) is 33.9 Å². The fourth-order valence-electron chi connectivity index (χ4n) is 2.99. The minimum absolute atomic E-state index is 0.0453. The summed E-state index contributed by atoms with van der Waals surface area (Å²) >= 11 is 0. The van der Waals surface area contributed by atoms with Crippen molar-refractivity contribution in [2.75, 3.05) is 33.3 Å². The quantitative estimate of drug-likeness (QED) is 0.646. The molecule has 0 spiro atoms. The average Bonchev–Trinajstić information content (AvgIpc) is 2.52. The number of hydrogen-bond acceptors (Lipinski definition) is 5. The van der Waals surface area contributed by atoms with E-state index in [-0.39, 0.29) is 16.7 Å². The van der Waals surface area contributed by atoms with Crippen LogP contribution in [-0.2, 0) is 0 Å². The molecular formula is C16H25N3O3. The molecule has 122 valence electrons. The molecule has 1 aromatic rings. The van der Waals surface area contributed by atoms with Gasteiger partial charge in [-0.2, -0.15) is 0 Å². The molecule has 1 saturated heterocycles. The van der Waals surface area contributed by atoms with Gasteiger partial charge >= 0.3 is 5.69 Å². The third kappa shape index (κ3) is 3.96. The van der Waals surface area contributed by atoms with Crippen LogP contribution < -0.4 is 10.1 Å². The van der Waals surface area contributed by atoms with Crippen molar-refractivity contribution in [3.8, 4) is 5.75 Å². The SMILES string of the molecule is COc1ccc([C@H](CC(C)C)N2CCNCC2)cc1[N+](=O)[O-]. The summed E-state index contributed by atoms with van der Waals surface area (Å²) in [6.07, 6.45) is 0.990. The number of rotatable bonds is 6. The standard InChI is InChI=1S/C16H25N3O3/c1-12(2)10-14(18-8-6-17-7-9-18)13-4-5-16(22-3)15(11-13)19(20)21/h4-5,11-12,14,17H,6-10H2,1-3H3/t14-/m0/s1. The molecule has 0 aromatic heterocycles. The lowest BCUT2D eigenvalue weighted by atomic mass is 9.94. The van der Waals surface area contributed by atoms with E-state index in [1.165, 1.54) is 7.11 Å². The van der Waals surface area contributed by atoms with Crippen LogP contribution in [0.2, 0.25) is 0 Å². The molecule has 0 bridgehead atoms. The van der Waals surface area contributed by atoms with Gasteiger partial charge in [0.15, 0.2) is 5.75 Å². The van der Waals surface area contributed by atoms with E-state index in [0.717, 1.165) is 38.2 Å². The van der Waals surface area contributed by atoms with Gasteiger partial charge in [-0.15, -0.1) is 0 Å². The molecule has 0 aliphatic carbocycles. The van der Waals surface area contributed by atoms with Crippen molar-refractivity contribution in [1.29, 1.82) is 0 Å². The number of methoxy groups -OCH3 is 1. The summed E-state index contributed by atoms with van der Waals surface area (Å²) in [5.41, 5.74) is 1.05. The average molecular weight is 307 g/mol. The Kier molecular flexibility index (Phi) is 5.74. The first kappa shape index (κ1) is 16.7. The van der Waals surface area contributed by atoms with Gasteiger partial charge in [-0.3, -0.25) is 15.0 Å². The van der Waals surface area contributed by atoms with Crippen LogP contribution >= 0.6 is 0 Å². The Labute approximate surface area is 131 Å². The van der Waals surface area contributed by atoms with Gasteiger partial charge in [0.05, 0.1) is 12.0 Å². The number of hydrogen-bond donors (Lipinski definition) is 1. The highest BCUT2D eigenvalue weighted by atomic mass is 16.6. The van der Waals surface area contributed by atoms with Crippen molar-refractivity contribution >= 4 is 5.69 Å². The number of ether oxygens (including phenoxy) is 1. The molecule has 2 rings (SSSR count). The van der Waals surface area contributed by atoms with Crippen LogP contribution in [0.4, 0.5) is 5.69 Å². The topological polar surface area (TPSA) is 67.6 Å². The Balaban J connectivity index is 2.33. The second-order valence-electron chi connectivity index (χ2n) is 6.12. The number of nitro groups is 1. The van der Waals surface area contributed by atoms with Gasteiger partial charge in [-0.1, -0.05) is 19.9 Å². The van der Waals surface area contributed by atoms with Crippen LogP contribution in [0.15, 0.2) is 18.2 Å². The summed E-state index contributed by atoms with van der Waals surface area (Å²) in [7, 11) is 1.46. The molecule has 6 nitrogen and oxygen atoms in total. The minimum atomic E-state index is -0.369. The van der Waals surface area contributed by atoms with Gasteiger partial charge < -0.3 is 10.1 Å². The van der Waals surface area contributed by atoms with Gasteiger partial charge in [0.2, 0.25) is 0 Å². The Morgan fingerprint density at radius 2 is 2.05 bits per heavy atom. The van der Waals surface area contributed by atoms with Crippen LogP contribution in [-0.4, -0.2) is 43.1 Å². The van der Waals surface area contributed by atoms with Crippen LogP contribution in [0.1, 0.15) is 31.9 Å². The molecule has 1 heterocycles. The maximum Gasteiger partial charge on any atom is 0.311 e. The molecule has 1 fully saturated rings. The summed E-state index contributed by atoms with van der Waals surface area (Å²) < 4.78 is 5.10. The fraction of sp³-hybridized carbons (Fsp3) is 0.625. The minimum Gasteiger partial charge on any atom is -0.490 e. The molecule has 1 aliphatic rings. The molecule has 1 aliphatic heterocycles. The zero-order chi connectivity index (χ0) is 16.1. The number of nitrogens with one attached hydrogen (secondary N) is 1. The van der Waals surface area contributed by atoms with Gasteiger partial charge in [0.25, 0.3) is 0 Å². The molecule has 22 heavy (non-hydrogen) atoms. The lowest BCUT2D eigenvalue weighted by Crippen LogP contribution is -2.45. The molecule has 1 aromatic carbocycles. The van der Waals surface area contributed by atoms with Crippen LogP contribution in [0.25, 0.3) is 0 Å². The number of nitrogens with zero attached hydrogens (tertiary/aromatic N) is 2. The molecule has 1 N–H and O–H groups in total. The first-order valence-corrected chi connectivity index (χ1v) is 7.80. The molecular weight excluding hydrogens is 282 g/mol. The van der Waals surface area contributed by atoms with Gasteiger partial charge in [-0.25, -0.2) is 0 Å². The summed E-state index contributed by atoms with van der Waals surface area (Å²) in [4.78, 5) is 13.3. The van der Waals surface area contributed by atoms with E-state index in [0.29, 0.717) is 11.7 Å². The largest absolute Gasteiger partial charge is 0.490 e. The first-order chi connectivity index (χ1) is 10.5. The molecule has 1 atom stereocenters. The van der Waals surface area contributed by atoms with Crippen LogP contribution in [0.3, 0.4) is 0 Å². The maximum absolute atomic E-state index is 11.3. The predicted molar refractivity (Wildman–Crippen MR) is 86.3 cm³/mol. The van der Waals surface area contributed by atoms with E-state index >= 15 is 0 Å². The Bertz CT molecular complexity index is 513. The summed E-state index contributed by atoms with van der Waals surface area (Å²) in [6, 6.07) is 5.56. The lowest BCUT2D eigenvalue weighted by molar-refractivity contribution is -0.385. The maximum atomic E-state index is 11.3. The second kappa shape index (κ2) is 7.56. The number of nitro benzene ring substituents is 1. The van der Waals surface area contributed by atoms with E-state index in [2.05, 4.69) is 24.1 Å². The number of benzene rings is 1. The van der Waals surface area contributed by atoms with Gasteiger partial charge in [0, 0.05) is 38.3 Å². The van der Waals surface area contributed by atoms with Crippen LogP contribution in [0, 0.1) is 16.0 Å². The van der Waals surface area contributed by atoms with E-state index in [1.54, 1.807) is 12.1 Å². The third-order valence-corrected chi connectivity index (χ3v) is 4.07. The number of piperazine rings is 1. The van der Waals surface area contributed by atoms with Crippen LogP contribution in [0.5, 0.6) is 5.75 Å². The van der Waals surface area contributed by atoms with Gasteiger partial charge in [-0.05, 0) is 24.0 Å². The highest BCUT2D eigenvalue weighted by Crippen LogP contribution is 2.34. The second-order valence-corrected chi connectivity index (χ2v) is 6.12. The summed E-state index contributed by atoms with van der Waals surface area (Å²) in [6.45, 7) is 8.24. The first-order valence-electron chi connectivity index (χ1n) is 7.80. The van der Waals surface area contributed by atoms with E-state index in [1.807, 2.05) is 6.07 Å².